The number of imidazole rings is 1. The Morgan fingerprint density at radius 1 is 1.46 bits per heavy atom. The number of hydrogen-bond acceptors (Lipinski definition) is 3. The molecule has 3 heterocycles. The van der Waals surface area contributed by atoms with Gasteiger partial charge in [-0.2, -0.15) is 0 Å². The summed E-state index contributed by atoms with van der Waals surface area (Å²) in [5, 5.41) is 3.49. The van der Waals surface area contributed by atoms with Crippen LogP contribution < -0.4 is 5.32 Å². The van der Waals surface area contributed by atoms with Gasteiger partial charge < -0.3 is 19.5 Å². The van der Waals surface area contributed by atoms with E-state index in [0.29, 0.717) is 17.9 Å². The number of nitrogens with one attached hydrogen (secondary N) is 1. The number of likely N-dealkylation sites (tertiary alicyclic amines) is 1. The van der Waals surface area contributed by atoms with Crippen LogP contribution in [0.3, 0.4) is 0 Å². The third-order valence-electron chi connectivity index (χ3n) is 4.90. The van der Waals surface area contributed by atoms with Gasteiger partial charge in [-0.15, -0.1) is 24.0 Å². The van der Waals surface area contributed by atoms with Crippen molar-refractivity contribution in [2.75, 3.05) is 33.4 Å². The van der Waals surface area contributed by atoms with E-state index in [-0.39, 0.29) is 24.0 Å². The molecule has 1 aromatic heterocycles. The zero-order valence-corrected chi connectivity index (χ0v) is 17.3. The quantitative estimate of drug-likeness (QED) is 0.438. The molecule has 6 nitrogen and oxygen atoms in total. The molecular formula is C17H30IN5O. The summed E-state index contributed by atoms with van der Waals surface area (Å²) < 4.78 is 7.84. The Hall–Kier alpha value is -0.830. The second-order valence-corrected chi connectivity index (χ2v) is 7.26. The smallest absolute Gasteiger partial charge is 0.194 e. The van der Waals surface area contributed by atoms with Gasteiger partial charge in [0, 0.05) is 51.1 Å². The summed E-state index contributed by atoms with van der Waals surface area (Å²) in [5.41, 5.74) is 0.355. The van der Waals surface area contributed by atoms with E-state index in [1.54, 1.807) is 0 Å². The number of aromatic nitrogens is 2. The minimum absolute atomic E-state index is 0. The number of aliphatic imine (C=N–C) groups is 1. The third-order valence-corrected chi connectivity index (χ3v) is 4.90. The average molecular weight is 447 g/mol. The van der Waals surface area contributed by atoms with E-state index in [2.05, 4.69) is 44.8 Å². The van der Waals surface area contributed by atoms with Gasteiger partial charge in [0.2, 0.25) is 0 Å². The van der Waals surface area contributed by atoms with Crippen LogP contribution >= 0.6 is 24.0 Å². The molecule has 0 radical (unpaired) electrons. The predicted molar refractivity (Wildman–Crippen MR) is 107 cm³/mol. The summed E-state index contributed by atoms with van der Waals surface area (Å²) in [4.78, 5) is 11.3. The van der Waals surface area contributed by atoms with E-state index in [0.717, 1.165) is 44.6 Å². The van der Waals surface area contributed by atoms with Gasteiger partial charge in [0.25, 0.3) is 0 Å². The maximum atomic E-state index is 5.62. The van der Waals surface area contributed by atoms with Crippen LogP contribution in [0.25, 0.3) is 0 Å². The predicted octanol–water partition coefficient (Wildman–Crippen LogP) is 2.34. The minimum Gasteiger partial charge on any atom is -0.381 e. The molecule has 1 aromatic rings. The fourth-order valence-electron chi connectivity index (χ4n) is 3.64. The lowest BCUT2D eigenvalue weighted by Gasteiger charge is -2.25. The van der Waals surface area contributed by atoms with Crippen molar-refractivity contribution in [3.05, 3.63) is 18.2 Å². The maximum absolute atomic E-state index is 5.62. The van der Waals surface area contributed by atoms with Gasteiger partial charge in [0.05, 0.1) is 13.2 Å². The molecular weight excluding hydrogens is 417 g/mol. The lowest BCUT2D eigenvalue weighted by Crippen LogP contribution is -2.41. The zero-order valence-electron chi connectivity index (χ0n) is 15.0. The standard InChI is InChI=1S/C17H29N5O.HI/c1-14(2)11-21-8-6-19-15(21)10-20-16(18-3)22-7-4-17(12-22)5-9-23-13-17;/h6,8,14H,4-5,7,9-13H2,1-3H3,(H,18,20);1H. The van der Waals surface area contributed by atoms with Crippen molar-refractivity contribution in [1.29, 1.82) is 0 Å². The van der Waals surface area contributed by atoms with E-state index in [1.165, 1.54) is 12.8 Å². The summed E-state index contributed by atoms with van der Waals surface area (Å²) >= 11 is 0. The maximum Gasteiger partial charge on any atom is 0.194 e. The Bertz CT molecular complexity index is 551. The SMILES string of the molecule is CN=C(NCc1nccn1CC(C)C)N1CCC2(CCOC2)C1.I. The van der Waals surface area contributed by atoms with Gasteiger partial charge in [-0.1, -0.05) is 13.8 Å². The average Bonchev–Trinajstić information content (AvgIpc) is 3.24. The molecule has 24 heavy (non-hydrogen) atoms. The van der Waals surface area contributed by atoms with Crippen LogP contribution in [0.15, 0.2) is 17.4 Å². The molecule has 2 aliphatic rings. The Balaban J connectivity index is 0.00000208. The first-order valence-electron chi connectivity index (χ1n) is 8.65. The van der Waals surface area contributed by atoms with E-state index >= 15 is 0 Å². The highest BCUT2D eigenvalue weighted by atomic mass is 127. The van der Waals surface area contributed by atoms with Crippen LogP contribution in [-0.4, -0.2) is 53.8 Å². The first-order chi connectivity index (χ1) is 11.1. The van der Waals surface area contributed by atoms with Crippen molar-refractivity contribution in [3.8, 4) is 0 Å². The number of hydrogen-bond donors (Lipinski definition) is 1. The van der Waals surface area contributed by atoms with Gasteiger partial charge in [-0.3, -0.25) is 4.99 Å². The Kier molecular flexibility index (Phi) is 6.91. The fourth-order valence-corrected chi connectivity index (χ4v) is 3.64. The van der Waals surface area contributed by atoms with Crippen molar-refractivity contribution in [3.63, 3.8) is 0 Å². The molecule has 2 aliphatic heterocycles. The molecule has 1 atom stereocenters. The Morgan fingerprint density at radius 2 is 2.29 bits per heavy atom. The van der Waals surface area contributed by atoms with E-state index in [1.807, 2.05) is 13.2 Å². The molecule has 0 bridgehead atoms. The van der Waals surface area contributed by atoms with Crippen LogP contribution in [-0.2, 0) is 17.8 Å². The van der Waals surface area contributed by atoms with E-state index in [9.17, 15) is 0 Å². The van der Waals surface area contributed by atoms with Crippen LogP contribution in [0.4, 0.5) is 0 Å². The summed E-state index contributed by atoms with van der Waals surface area (Å²) in [6, 6.07) is 0. The van der Waals surface area contributed by atoms with E-state index in [4.69, 9.17) is 4.74 Å². The van der Waals surface area contributed by atoms with Gasteiger partial charge in [-0.25, -0.2) is 4.98 Å². The zero-order chi connectivity index (χ0) is 16.3. The second-order valence-electron chi connectivity index (χ2n) is 7.26. The molecule has 2 saturated heterocycles. The van der Waals surface area contributed by atoms with Gasteiger partial charge in [0.15, 0.2) is 5.96 Å². The minimum atomic E-state index is 0. The highest BCUT2D eigenvalue weighted by Crippen LogP contribution is 2.38. The van der Waals surface area contributed by atoms with Crippen molar-refractivity contribution < 1.29 is 4.74 Å². The number of nitrogens with zero attached hydrogens (tertiary/aromatic N) is 4. The molecule has 1 unspecified atom stereocenters. The molecule has 7 heteroatoms. The molecule has 1 spiro atoms. The number of rotatable bonds is 4. The molecule has 3 rings (SSSR count). The first kappa shape index (κ1) is 19.5. The molecule has 2 fully saturated rings. The summed E-state index contributed by atoms with van der Waals surface area (Å²) in [5.74, 6) is 2.66. The summed E-state index contributed by atoms with van der Waals surface area (Å²) in [7, 11) is 1.86. The lowest BCUT2D eigenvalue weighted by molar-refractivity contribution is 0.156. The largest absolute Gasteiger partial charge is 0.381 e. The van der Waals surface area contributed by atoms with Gasteiger partial charge in [0.1, 0.15) is 5.82 Å². The molecule has 0 saturated carbocycles. The van der Waals surface area contributed by atoms with Crippen molar-refractivity contribution >= 4 is 29.9 Å². The topological polar surface area (TPSA) is 54.7 Å². The fraction of sp³-hybridized carbons (Fsp3) is 0.765. The van der Waals surface area contributed by atoms with Crippen molar-refractivity contribution in [1.82, 2.24) is 19.8 Å². The highest BCUT2D eigenvalue weighted by Gasteiger charge is 2.42. The Morgan fingerprint density at radius 3 is 2.96 bits per heavy atom. The summed E-state index contributed by atoms with van der Waals surface area (Å²) in [6.45, 7) is 10.1. The van der Waals surface area contributed by atoms with Crippen LogP contribution in [0.5, 0.6) is 0 Å². The van der Waals surface area contributed by atoms with Crippen molar-refractivity contribution in [2.45, 2.75) is 39.8 Å². The van der Waals surface area contributed by atoms with Crippen molar-refractivity contribution in [2.24, 2.45) is 16.3 Å². The third kappa shape index (κ3) is 4.41. The normalized spacial score (nSPS) is 24.0. The van der Waals surface area contributed by atoms with Gasteiger partial charge >= 0.3 is 0 Å². The summed E-state index contributed by atoms with van der Waals surface area (Å²) in [6.07, 6.45) is 6.32. The number of guanidine groups is 1. The molecule has 0 aliphatic carbocycles. The molecule has 0 aromatic carbocycles. The van der Waals surface area contributed by atoms with Crippen LogP contribution in [0.1, 0.15) is 32.5 Å². The monoisotopic (exact) mass is 447 g/mol. The van der Waals surface area contributed by atoms with Crippen LogP contribution in [0.2, 0.25) is 0 Å². The molecule has 1 N–H and O–H groups in total. The molecule has 136 valence electrons. The number of ether oxygens (including phenoxy) is 1. The first-order valence-corrected chi connectivity index (χ1v) is 8.65. The second kappa shape index (κ2) is 8.51. The van der Waals surface area contributed by atoms with E-state index < -0.39 is 0 Å². The highest BCUT2D eigenvalue weighted by molar-refractivity contribution is 14.0. The Labute approximate surface area is 162 Å². The van der Waals surface area contributed by atoms with Gasteiger partial charge in [-0.05, 0) is 18.8 Å². The number of halogens is 1. The lowest BCUT2D eigenvalue weighted by atomic mass is 9.87. The molecule has 0 amide bonds. The van der Waals surface area contributed by atoms with Crippen LogP contribution in [0, 0.1) is 11.3 Å².